The number of hydrogen-bond acceptors (Lipinski definition) is 6. The predicted octanol–water partition coefficient (Wildman–Crippen LogP) is -1.20. The molecule has 2 unspecified atom stereocenters. The summed E-state index contributed by atoms with van der Waals surface area (Å²) in [5.74, 6) is -1.39. The number of rotatable bonds is 13. The molecule has 0 saturated carbocycles. The largest absolute Gasteiger partial charge is 0.390 e. The van der Waals surface area contributed by atoms with Gasteiger partial charge in [0.25, 0.3) is 5.91 Å². The molecule has 4 amide bonds. The van der Waals surface area contributed by atoms with E-state index in [1.807, 2.05) is 13.8 Å². The highest BCUT2D eigenvalue weighted by molar-refractivity contribution is 5.81. The minimum Gasteiger partial charge on any atom is -0.390 e. The number of hydrogen-bond donors (Lipinski definition) is 6. The second kappa shape index (κ2) is 18.2. The third-order valence-corrected chi connectivity index (χ3v) is 3.46. The van der Waals surface area contributed by atoms with Crippen LogP contribution in [-0.4, -0.2) is 72.2 Å². The van der Waals surface area contributed by atoms with Crippen LogP contribution in [0.25, 0.3) is 0 Å². The Morgan fingerprint density at radius 2 is 1.11 bits per heavy atom. The Hall–Kier alpha value is -2.20. The van der Waals surface area contributed by atoms with Gasteiger partial charge in [0.15, 0.2) is 6.10 Å². The lowest BCUT2D eigenvalue weighted by atomic mass is 10.1. The zero-order chi connectivity index (χ0) is 21.9. The van der Waals surface area contributed by atoms with E-state index in [0.717, 1.165) is 0 Å². The van der Waals surface area contributed by atoms with Crippen LogP contribution in [0.4, 0.5) is 0 Å². The highest BCUT2D eigenvalue weighted by Gasteiger charge is 2.24. The van der Waals surface area contributed by atoms with Crippen molar-refractivity contribution in [1.82, 2.24) is 21.3 Å². The smallest absolute Gasteiger partial charge is 0.251 e. The summed E-state index contributed by atoms with van der Waals surface area (Å²) in [6.07, 6.45) is -2.50. The highest BCUT2D eigenvalue weighted by Crippen LogP contribution is 2.03. The second-order valence-corrected chi connectivity index (χ2v) is 5.60. The monoisotopic (exact) mass is 404 g/mol. The van der Waals surface area contributed by atoms with Gasteiger partial charge in [-0.25, -0.2) is 0 Å². The van der Waals surface area contributed by atoms with Crippen molar-refractivity contribution in [2.75, 3.05) is 26.2 Å². The molecule has 28 heavy (non-hydrogen) atoms. The molecule has 0 fully saturated rings. The zero-order valence-corrected chi connectivity index (χ0v) is 17.3. The molecule has 164 valence electrons. The summed E-state index contributed by atoms with van der Waals surface area (Å²) in [6, 6.07) is 0. The Morgan fingerprint density at radius 1 is 0.714 bits per heavy atom. The van der Waals surface area contributed by atoms with E-state index in [0.29, 0.717) is 19.4 Å². The second-order valence-electron chi connectivity index (χ2n) is 5.60. The molecular weight excluding hydrogens is 368 g/mol. The van der Waals surface area contributed by atoms with Gasteiger partial charge < -0.3 is 31.5 Å². The van der Waals surface area contributed by atoms with E-state index in [-0.39, 0.29) is 50.2 Å². The van der Waals surface area contributed by atoms with Crippen molar-refractivity contribution in [2.24, 2.45) is 0 Å². The molecule has 2 atom stereocenters. The molecule has 0 spiro atoms. The molecule has 10 heteroatoms. The van der Waals surface area contributed by atoms with Crippen molar-refractivity contribution in [3.05, 3.63) is 0 Å². The number of carbonyl (C=O) groups is 4. The third kappa shape index (κ3) is 14.9. The van der Waals surface area contributed by atoms with Crippen LogP contribution in [0.2, 0.25) is 0 Å². The number of aliphatic hydroxyl groups is 2. The SMILES string of the molecule is CC.CCC(=O)NCCNC(=O)CCC(O)C(O)C(=O)NCCNC(=O)CC. The summed E-state index contributed by atoms with van der Waals surface area (Å²) in [6.45, 7) is 8.33. The van der Waals surface area contributed by atoms with E-state index >= 15 is 0 Å². The molecule has 0 aliphatic heterocycles. The lowest BCUT2D eigenvalue weighted by Crippen LogP contribution is -2.45. The first-order valence-corrected chi connectivity index (χ1v) is 9.75. The molecule has 0 aliphatic carbocycles. The van der Waals surface area contributed by atoms with Gasteiger partial charge in [0.1, 0.15) is 0 Å². The highest BCUT2D eigenvalue weighted by atomic mass is 16.3. The van der Waals surface area contributed by atoms with E-state index < -0.39 is 18.1 Å². The van der Waals surface area contributed by atoms with Crippen LogP contribution >= 0.6 is 0 Å². The van der Waals surface area contributed by atoms with Gasteiger partial charge in [0, 0.05) is 45.4 Å². The van der Waals surface area contributed by atoms with E-state index in [1.165, 1.54) is 0 Å². The van der Waals surface area contributed by atoms with Gasteiger partial charge in [0.2, 0.25) is 17.7 Å². The minimum absolute atomic E-state index is 0.0697. The first kappa shape index (κ1) is 28.0. The lowest BCUT2D eigenvalue weighted by Gasteiger charge is -2.17. The average Bonchev–Trinajstić information content (AvgIpc) is 2.72. The van der Waals surface area contributed by atoms with Crippen molar-refractivity contribution >= 4 is 23.6 Å². The quantitative estimate of drug-likeness (QED) is 0.212. The average molecular weight is 405 g/mol. The molecule has 0 radical (unpaired) electrons. The Morgan fingerprint density at radius 3 is 1.54 bits per heavy atom. The van der Waals surface area contributed by atoms with Gasteiger partial charge in [-0.05, 0) is 6.42 Å². The first-order chi connectivity index (χ1) is 13.3. The van der Waals surface area contributed by atoms with Crippen LogP contribution in [0.1, 0.15) is 53.4 Å². The van der Waals surface area contributed by atoms with Crippen LogP contribution in [-0.2, 0) is 19.2 Å². The van der Waals surface area contributed by atoms with Crippen molar-refractivity contribution in [1.29, 1.82) is 0 Å². The molecule has 0 aromatic carbocycles. The normalized spacial score (nSPS) is 11.9. The van der Waals surface area contributed by atoms with Crippen LogP contribution in [0.15, 0.2) is 0 Å². The summed E-state index contributed by atoms with van der Waals surface area (Å²) in [4.78, 5) is 45.3. The lowest BCUT2D eigenvalue weighted by molar-refractivity contribution is -0.136. The molecule has 6 N–H and O–H groups in total. The topological polar surface area (TPSA) is 157 Å². The Labute approximate surface area is 166 Å². The fourth-order valence-electron chi connectivity index (χ4n) is 1.85. The van der Waals surface area contributed by atoms with Gasteiger partial charge in [-0.3, -0.25) is 19.2 Å². The van der Waals surface area contributed by atoms with Crippen LogP contribution in [0.3, 0.4) is 0 Å². The van der Waals surface area contributed by atoms with Crippen molar-refractivity contribution < 1.29 is 29.4 Å². The van der Waals surface area contributed by atoms with Gasteiger partial charge >= 0.3 is 0 Å². The van der Waals surface area contributed by atoms with Gasteiger partial charge in [-0.2, -0.15) is 0 Å². The van der Waals surface area contributed by atoms with Crippen molar-refractivity contribution in [2.45, 2.75) is 65.6 Å². The summed E-state index contributed by atoms with van der Waals surface area (Å²) < 4.78 is 0. The number of carbonyl (C=O) groups excluding carboxylic acids is 4. The summed E-state index contributed by atoms with van der Waals surface area (Å²) in [5.41, 5.74) is 0. The van der Waals surface area contributed by atoms with Crippen LogP contribution < -0.4 is 21.3 Å². The molecule has 0 rings (SSSR count). The Kier molecular flexibility index (Phi) is 18.2. The fourth-order valence-corrected chi connectivity index (χ4v) is 1.85. The van der Waals surface area contributed by atoms with Gasteiger partial charge in [0.05, 0.1) is 6.10 Å². The van der Waals surface area contributed by atoms with Crippen molar-refractivity contribution in [3.8, 4) is 0 Å². The molecule has 0 saturated heterocycles. The van der Waals surface area contributed by atoms with Gasteiger partial charge in [-0.15, -0.1) is 0 Å². The standard InChI is InChI=1S/C16H30N4O6.C2H6/c1-3-12(22)17-7-8-19-14(24)6-5-11(21)15(25)16(26)20-10-9-18-13(23)4-2;1-2/h11,15,21,25H,3-10H2,1-2H3,(H,17,22)(H,18,23)(H,19,24)(H,20,26);1-2H3. The summed E-state index contributed by atoms with van der Waals surface area (Å²) >= 11 is 0. The van der Waals surface area contributed by atoms with Gasteiger partial charge in [-0.1, -0.05) is 27.7 Å². The predicted molar refractivity (Wildman–Crippen MR) is 105 cm³/mol. The molecule has 0 bridgehead atoms. The van der Waals surface area contributed by atoms with E-state index in [9.17, 15) is 29.4 Å². The minimum atomic E-state index is -1.66. The fraction of sp³-hybridized carbons (Fsp3) is 0.778. The first-order valence-electron chi connectivity index (χ1n) is 9.75. The van der Waals surface area contributed by atoms with Crippen LogP contribution in [0, 0.1) is 0 Å². The third-order valence-electron chi connectivity index (χ3n) is 3.46. The molecule has 0 aromatic rings. The molecule has 0 aliphatic rings. The molecule has 0 aromatic heterocycles. The zero-order valence-electron chi connectivity index (χ0n) is 17.3. The Balaban J connectivity index is 0. The number of aliphatic hydroxyl groups excluding tert-OH is 2. The summed E-state index contributed by atoms with van der Waals surface area (Å²) in [7, 11) is 0. The maximum Gasteiger partial charge on any atom is 0.251 e. The molecule has 0 heterocycles. The van der Waals surface area contributed by atoms with E-state index in [2.05, 4.69) is 21.3 Å². The van der Waals surface area contributed by atoms with E-state index in [1.54, 1.807) is 13.8 Å². The molecular formula is C18H36N4O6. The Bertz CT molecular complexity index is 473. The van der Waals surface area contributed by atoms with Crippen LogP contribution in [0.5, 0.6) is 0 Å². The molecule has 10 nitrogen and oxygen atoms in total. The maximum absolute atomic E-state index is 11.7. The van der Waals surface area contributed by atoms with Crippen molar-refractivity contribution in [3.63, 3.8) is 0 Å². The number of nitrogens with one attached hydrogen (secondary N) is 4. The van der Waals surface area contributed by atoms with E-state index in [4.69, 9.17) is 0 Å². The maximum atomic E-state index is 11.7. The number of amides is 4. The summed E-state index contributed by atoms with van der Waals surface area (Å²) in [5, 5.41) is 29.6.